The molecule has 0 saturated heterocycles. The Kier molecular flexibility index (Phi) is 7.08. The van der Waals surface area contributed by atoms with E-state index >= 15 is 0 Å². The zero-order valence-corrected chi connectivity index (χ0v) is 11.4. The lowest BCUT2D eigenvalue weighted by Gasteiger charge is -2.06. The zero-order chi connectivity index (χ0) is 12.5. The zero-order valence-electron chi connectivity index (χ0n) is 10.6. The van der Waals surface area contributed by atoms with Gasteiger partial charge in [0, 0.05) is 42.5 Å². The number of ether oxygens (including phenoxy) is 1. The topological polar surface area (TPSA) is 38.3 Å². The second-order valence-corrected chi connectivity index (χ2v) is 5.73. The summed E-state index contributed by atoms with van der Waals surface area (Å²) < 4.78 is 16.3. The summed E-state index contributed by atoms with van der Waals surface area (Å²) in [7, 11) is 1.02. The number of hydrogen-bond acceptors (Lipinski definition) is 3. The van der Waals surface area contributed by atoms with E-state index in [1.165, 1.54) is 11.1 Å². The minimum Gasteiger partial charge on any atom is -0.380 e. The lowest BCUT2D eigenvalue weighted by molar-refractivity contribution is 0.185. The molecule has 17 heavy (non-hydrogen) atoms. The normalized spacial score (nSPS) is 12.6. The van der Waals surface area contributed by atoms with Crippen molar-refractivity contribution in [2.45, 2.75) is 20.1 Å². The molecular formula is C13H21NO2S. The minimum absolute atomic E-state index is 0.647. The first-order chi connectivity index (χ1) is 8.26. The summed E-state index contributed by atoms with van der Waals surface area (Å²) in [5.74, 6) is 1.47. The Labute approximate surface area is 106 Å². The van der Waals surface area contributed by atoms with E-state index in [4.69, 9.17) is 4.74 Å². The fraction of sp³-hybridized carbons (Fsp3) is 0.538. The van der Waals surface area contributed by atoms with Crippen LogP contribution in [0.25, 0.3) is 0 Å². The van der Waals surface area contributed by atoms with Gasteiger partial charge in [0.25, 0.3) is 0 Å². The molecule has 4 heteroatoms. The van der Waals surface area contributed by atoms with Gasteiger partial charge in [-0.2, -0.15) is 0 Å². The molecule has 1 atom stereocenters. The summed E-state index contributed by atoms with van der Waals surface area (Å²) in [5, 5.41) is 3.30. The van der Waals surface area contributed by atoms with Crippen molar-refractivity contribution in [1.82, 2.24) is 5.32 Å². The smallest absolute Gasteiger partial charge is 0.0713 e. The first-order valence-electron chi connectivity index (χ1n) is 5.88. The van der Waals surface area contributed by atoms with E-state index in [9.17, 15) is 4.21 Å². The van der Waals surface area contributed by atoms with E-state index < -0.39 is 10.8 Å². The van der Waals surface area contributed by atoms with Gasteiger partial charge in [0.1, 0.15) is 0 Å². The predicted molar refractivity (Wildman–Crippen MR) is 72.4 cm³/mol. The van der Waals surface area contributed by atoms with Crippen LogP contribution in [0.5, 0.6) is 0 Å². The molecule has 1 rings (SSSR count). The molecule has 0 saturated carbocycles. The molecule has 0 heterocycles. The van der Waals surface area contributed by atoms with Crippen LogP contribution in [0, 0.1) is 0 Å². The van der Waals surface area contributed by atoms with Crippen molar-refractivity contribution >= 4 is 10.8 Å². The van der Waals surface area contributed by atoms with Gasteiger partial charge in [0.15, 0.2) is 0 Å². The summed E-state index contributed by atoms with van der Waals surface area (Å²) in [6.45, 7) is 4.21. The third-order valence-electron chi connectivity index (χ3n) is 2.46. The predicted octanol–water partition coefficient (Wildman–Crippen LogP) is 1.69. The van der Waals surface area contributed by atoms with E-state index in [1.54, 1.807) is 7.11 Å². The number of hydrogen-bond donors (Lipinski definition) is 1. The SMILES string of the molecule is CCS(=O)CCNCc1cccc(COC)c1. The van der Waals surface area contributed by atoms with E-state index in [0.29, 0.717) is 6.61 Å². The maximum absolute atomic E-state index is 11.2. The highest BCUT2D eigenvalue weighted by molar-refractivity contribution is 7.84. The average Bonchev–Trinajstić information content (AvgIpc) is 2.35. The molecule has 96 valence electrons. The Balaban J connectivity index is 2.31. The fourth-order valence-electron chi connectivity index (χ4n) is 1.56. The summed E-state index contributed by atoms with van der Waals surface area (Å²) >= 11 is 0. The molecule has 1 aromatic rings. The van der Waals surface area contributed by atoms with Crippen LogP contribution in [-0.4, -0.2) is 29.4 Å². The lowest BCUT2D eigenvalue weighted by atomic mass is 10.1. The van der Waals surface area contributed by atoms with E-state index in [1.807, 2.05) is 13.0 Å². The highest BCUT2D eigenvalue weighted by Crippen LogP contribution is 2.05. The Morgan fingerprint density at radius 3 is 2.82 bits per heavy atom. The van der Waals surface area contributed by atoms with Crippen LogP contribution < -0.4 is 5.32 Å². The Morgan fingerprint density at radius 1 is 1.35 bits per heavy atom. The highest BCUT2D eigenvalue weighted by atomic mass is 32.2. The van der Waals surface area contributed by atoms with Crippen molar-refractivity contribution in [3.8, 4) is 0 Å². The van der Waals surface area contributed by atoms with Crippen LogP contribution in [0.3, 0.4) is 0 Å². The summed E-state index contributed by atoms with van der Waals surface area (Å²) in [6.07, 6.45) is 0. The van der Waals surface area contributed by atoms with E-state index in [2.05, 4.69) is 23.5 Å². The fourth-order valence-corrected chi connectivity index (χ4v) is 2.22. The largest absolute Gasteiger partial charge is 0.380 e. The maximum Gasteiger partial charge on any atom is 0.0713 e. The van der Waals surface area contributed by atoms with Crippen molar-refractivity contribution < 1.29 is 8.95 Å². The van der Waals surface area contributed by atoms with Crippen molar-refractivity contribution in [3.63, 3.8) is 0 Å². The first-order valence-corrected chi connectivity index (χ1v) is 7.37. The monoisotopic (exact) mass is 255 g/mol. The van der Waals surface area contributed by atoms with Gasteiger partial charge in [-0.25, -0.2) is 0 Å². The minimum atomic E-state index is -0.675. The quantitative estimate of drug-likeness (QED) is 0.718. The number of benzene rings is 1. The number of rotatable bonds is 8. The van der Waals surface area contributed by atoms with Crippen molar-refractivity contribution in [2.75, 3.05) is 25.2 Å². The van der Waals surface area contributed by atoms with Gasteiger partial charge < -0.3 is 10.1 Å². The third-order valence-corrected chi connectivity index (χ3v) is 3.76. The second kappa shape index (κ2) is 8.39. The highest BCUT2D eigenvalue weighted by Gasteiger charge is 1.97. The molecule has 0 aromatic heterocycles. The second-order valence-electron chi connectivity index (χ2n) is 3.86. The van der Waals surface area contributed by atoms with Gasteiger partial charge in [0.2, 0.25) is 0 Å². The van der Waals surface area contributed by atoms with Gasteiger partial charge >= 0.3 is 0 Å². The van der Waals surface area contributed by atoms with E-state index in [-0.39, 0.29) is 0 Å². The van der Waals surface area contributed by atoms with Crippen molar-refractivity contribution in [3.05, 3.63) is 35.4 Å². The van der Waals surface area contributed by atoms with Crippen LogP contribution in [0.4, 0.5) is 0 Å². The Hall–Kier alpha value is -0.710. The first kappa shape index (κ1) is 14.4. The van der Waals surface area contributed by atoms with Gasteiger partial charge in [-0.15, -0.1) is 0 Å². The van der Waals surface area contributed by atoms with Gasteiger partial charge in [-0.3, -0.25) is 4.21 Å². The molecular weight excluding hydrogens is 234 g/mol. The van der Waals surface area contributed by atoms with Crippen LogP contribution >= 0.6 is 0 Å². The molecule has 3 nitrogen and oxygen atoms in total. The van der Waals surface area contributed by atoms with Crippen LogP contribution in [0.1, 0.15) is 18.1 Å². The molecule has 1 N–H and O–H groups in total. The number of nitrogens with one attached hydrogen (secondary N) is 1. The molecule has 0 amide bonds. The standard InChI is InChI=1S/C13H21NO2S/c1-3-17(15)8-7-14-10-12-5-4-6-13(9-12)11-16-2/h4-6,9,14H,3,7-8,10-11H2,1-2H3. The Bertz CT molecular complexity index is 355. The van der Waals surface area contributed by atoms with Crippen LogP contribution in [0.15, 0.2) is 24.3 Å². The van der Waals surface area contributed by atoms with Gasteiger partial charge in [-0.1, -0.05) is 31.2 Å². The molecule has 1 unspecified atom stereocenters. The molecule has 0 aliphatic carbocycles. The maximum atomic E-state index is 11.2. The lowest BCUT2D eigenvalue weighted by Crippen LogP contribution is -2.20. The third kappa shape index (κ3) is 5.96. The van der Waals surface area contributed by atoms with Crippen molar-refractivity contribution in [2.24, 2.45) is 0 Å². The Morgan fingerprint density at radius 2 is 2.12 bits per heavy atom. The molecule has 0 fully saturated rings. The summed E-state index contributed by atoms with van der Waals surface area (Å²) in [5.41, 5.74) is 2.42. The summed E-state index contributed by atoms with van der Waals surface area (Å²) in [4.78, 5) is 0. The van der Waals surface area contributed by atoms with E-state index in [0.717, 1.165) is 24.6 Å². The van der Waals surface area contributed by atoms with Crippen LogP contribution in [0.2, 0.25) is 0 Å². The molecule has 0 radical (unpaired) electrons. The van der Waals surface area contributed by atoms with Gasteiger partial charge in [0.05, 0.1) is 6.61 Å². The van der Waals surface area contributed by atoms with Crippen molar-refractivity contribution in [1.29, 1.82) is 0 Å². The van der Waals surface area contributed by atoms with Gasteiger partial charge in [-0.05, 0) is 11.1 Å². The molecule has 0 spiro atoms. The van der Waals surface area contributed by atoms with Crippen LogP contribution in [-0.2, 0) is 28.7 Å². The summed E-state index contributed by atoms with van der Waals surface area (Å²) in [6, 6.07) is 8.31. The number of methoxy groups -OCH3 is 1. The molecule has 0 aliphatic heterocycles. The molecule has 0 bridgehead atoms. The average molecular weight is 255 g/mol. The molecule has 1 aromatic carbocycles. The molecule has 0 aliphatic rings.